The molecule has 1 fully saturated rings. The number of fused-ring (bicyclic) bond motifs is 1. The zero-order chi connectivity index (χ0) is 23.8. The number of piperazine rings is 1. The average molecular weight is 473 g/mol. The van der Waals surface area contributed by atoms with Gasteiger partial charge in [-0.05, 0) is 43.3 Å². The number of benzene rings is 2. The third kappa shape index (κ3) is 4.69. The molecule has 1 atom stereocenters. The number of carbonyl (C=O) groups is 3. The van der Waals surface area contributed by atoms with Gasteiger partial charge in [0.15, 0.2) is 6.10 Å². The summed E-state index contributed by atoms with van der Waals surface area (Å²) in [7, 11) is -3.82. The first-order valence-electron chi connectivity index (χ1n) is 10.4. The summed E-state index contributed by atoms with van der Waals surface area (Å²) in [6, 6.07) is 11.0. The van der Waals surface area contributed by atoms with Gasteiger partial charge in [-0.25, -0.2) is 8.42 Å². The van der Waals surface area contributed by atoms with Crippen LogP contribution in [0.15, 0.2) is 47.4 Å². The molecule has 0 bridgehead atoms. The minimum atomic E-state index is -3.82. The summed E-state index contributed by atoms with van der Waals surface area (Å²) in [6.45, 7) is 3.72. The van der Waals surface area contributed by atoms with Crippen molar-refractivity contribution in [2.45, 2.75) is 24.8 Å². The molecule has 0 unspecified atom stereocenters. The summed E-state index contributed by atoms with van der Waals surface area (Å²) in [6.07, 6.45) is -0.649. The molecular weight excluding hydrogens is 448 g/mol. The highest BCUT2D eigenvalue weighted by Crippen LogP contribution is 2.33. The van der Waals surface area contributed by atoms with Crippen molar-refractivity contribution >= 4 is 39.1 Å². The summed E-state index contributed by atoms with van der Waals surface area (Å²) in [5, 5.41) is 5.30. The van der Waals surface area contributed by atoms with E-state index < -0.39 is 16.1 Å². The van der Waals surface area contributed by atoms with Crippen LogP contribution in [0.1, 0.15) is 24.2 Å². The predicted octanol–water partition coefficient (Wildman–Crippen LogP) is 1.51. The number of ether oxygens (including phenoxy) is 1. The van der Waals surface area contributed by atoms with Crippen molar-refractivity contribution in [1.82, 2.24) is 9.21 Å². The predicted molar refractivity (Wildman–Crippen MR) is 121 cm³/mol. The van der Waals surface area contributed by atoms with E-state index in [1.165, 1.54) is 29.4 Å². The van der Waals surface area contributed by atoms with E-state index >= 15 is 0 Å². The lowest BCUT2D eigenvalue weighted by Crippen LogP contribution is -2.50. The van der Waals surface area contributed by atoms with Crippen molar-refractivity contribution in [2.75, 3.05) is 36.8 Å². The molecule has 11 heteroatoms. The Balaban J connectivity index is 1.44. The van der Waals surface area contributed by atoms with E-state index in [0.29, 0.717) is 22.7 Å². The second-order valence-electron chi connectivity index (χ2n) is 7.87. The van der Waals surface area contributed by atoms with Gasteiger partial charge in [0.1, 0.15) is 5.75 Å². The summed E-state index contributed by atoms with van der Waals surface area (Å²) >= 11 is 0. The SMILES string of the molecule is CC(=O)Nc1cccc(C(=O)N2CCN(S(=O)(=O)c3ccc4c(c3)NC(=O)[C@H](C)O4)CC2)c1. The van der Waals surface area contributed by atoms with E-state index in [0.717, 1.165) is 0 Å². The molecule has 2 heterocycles. The molecule has 174 valence electrons. The van der Waals surface area contributed by atoms with Gasteiger partial charge >= 0.3 is 0 Å². The van der Waals surface area contributed by atoms with E-state index in [1.54, 1.807) is 36.1 Å². The van der Waals surface area contributed by atoms with E-state index in [-0.39, 0.29) is 48.8 Å². The first-order chi connectivity index (χ1) is 15.6. The molecule has 2 aromatic carbocycles. The van der Waals surface area contributed by atoms with Crippen molar-refractivity contribution in [3.05, 3.63) is 48.0 Å². The fraction of sp³-hybridized carbons (Fsp3) is 0.318. The maximum absolute atomic E-state index is 13.1. The van der Waals surface area contributed by atoms with E-state index in [2.05, 4.69) is 10.6 Å². The zero-order valence-corrected chi connectivity index (χ0v) is 19.0. The number of hydrogen-bond donors (Lipinski definition) is 2. The fourth-order valence-corrected chi connectivity index (χ4v) is 5.19. The highest BCUT2D eigenvalue weighted by Gasteiger charge is 2.32. The lowest BCUT2D eigenvalue weighted by Gasteiger charge is -2.34. The Bertz CT molecular complexity index is 1220. The van der Waals surface area contributed by atoms with Crippen LogP contribution in [-0.2, 0) is 19.6 Å². The molecule has 0 saturated carbocycles. The Morgan fingerprint density at radius 3 is 2.52 bits per heavy atom. The van der Waals surface area contributed by atoms with Crippen molar-refractivity contribution < 1.29 is 27.5 Å². The lowest BCUT2D eigenvalue weighted by molar-refractivity contribution is -0.122. The average Bonchev–Trinajstić information content (AvgIpc) is 2.79. The van der Waals surface area contributed by atoms with Crippen LogP contribution in [0.4, 0.5) is 11.4 Å². The molecule has 0 radical (unpaired) electrons. The summed E-state index contributed by atoms with van der Waals surface area (Å²) in [5.41, 5.74) is 1.25. The Hall–Kier alpha value is -3.44. The Morgan fingerprint density at radius 1 is 1.09 bits per heavy atom. The number of sulfonamides is 1. The van der Waals surface area contributed by atoms with Gasteiger partial charge in [-0.1, -0.05) is 6.07 Å². The topological polar surface area (TPSA) is 125 Å². The molecule has 3 amide bonds. The second-order valence-corrected chi connectivity index (χ2v) is 9.80. The van der Waals surface area contributed by atoms with E-state index in [1.807, 2.05) is 0 Å². The van der Waals surface area contributed by atoms with Crippen LogP contribution in [0.3, 0.4) is 0 Å². The number of amides is 3. The smallest absolute Gasteiger partial charge is 0.265 e. The first-order valence-corrected chi connectivity index (χ1v) is 11.9. The molecule has 0 spiro atoms. The van der Waals surface area contributed by atoms with Crippen LogP contribution in [-0.4, -0.2) is 67.6 Å². The third-order valence-corrected chi connectivity index (χ3v) is 7.37. The number of rotatable bonds is 4. The molecular formula is C22H24N4O6S. The third-order valence-electron chi connectivity index (χ3n) is 5.48. The summed E-state index contributed by atoms with van der Waals surface area (Å²) in [5.74, 6) is -0.395. The second kappa shape index (κ2) is 8.83. The van der Waals surface area contributed by atoms with Gasteiger partial charge < -0.3 is 20.3 Å². The normalized spacial score (nSPS) is 18.7. The van der Waals surface area contributed by atoms with Gasteiger partial charge in [-0.3, -0.25) is 14.4 Å². The molecule has 0 aromatic heterocycles. The number of carbonyl (C=O) groups excluding carboxylic acids is 3. The number of nitrogens with one attached hydrogen (secondary N) is 2. The molecule has 0 aliphatic carbocycles. The molecule has 10 nitrogen and oxygen atoms in total. The maximum Gasteiger partial charge on any atom is 0.265 e. The van der Waals surface area contributed by atoms with Crippen LogP contribution in [0.25, 0.3) is 0 Å². The van der Waals surface area contributed by atoms with Crippen molar-refractivity contribution in [2.24, 2.45) is 0 Å². The van der Waals surface area contributed by atoms with Gasteiger partial charge in [-0.15, -0.1) is 0 Å². The van der Waals surface area contributed by atoms with E-state index in [4.69, 9.17) is 4.74 Å². The molecule has 33 heavy (non-hydrogen) atoms. The monoisotopic (exact) mass is 472 g/mol. The number of hydrogen-bond acceptors (Lipinski definition) is 6. The molecule has 1 saturated heterocycles. The summed E-state index contributed by atoms with van der Waals surface area (Å²) in [4.78, 5) is 37.6. The van der Waals surface area contributed by atoms with Crippen LogP contribution >= 0.6 is 0 Å². The van der Waals surface area contributed by atoms with Gasteiger partial charge in [0, 0.05) is 44.4 Å². The maximum atomic E-state index is 13.1. The van der Waals surface area contributed by atoms with E-state index in [9.17, 15) is 22.8 Å². The van der Waals surface area contributed by atoms with Gasteiger partial charge in [0.25, 0.3) is 11.8 Å². The van der Waals surface area contributed by atoms with Crippen molar-refractivity contribution in [3.63, 3.8) is 0 Å². The Morgan fingerprint density at radius 2 is 1.82 bits per heavy atom. The lowest BCUT2D eigenvalue weighted by atomic mass is 10.1. The largest absolute Gasteiger partial charge is 0.479 e. The quantitative estimate of drug-likeness (QED) is 0.695. The first kappa shape index (κ1) is 22.7. The summed E-state index contributed by atoms with van der Waals surface area (Å²) < 4.78 is 33.1. The fourth-order valence-electron chi connectivity index (χ4n) is 3.74. The van der Waals surface area contributed by atoms with Crippen molar-refractivity contribution in [1.29, 1.82) is 0 Å². The number of nitrogens with zero attached hydrogens (tertiary/aromatic N) is 2. The number of anilines is 2. The molecule has 2 N–H and O–H groups in total. The van der Waals surface area contributed by atoms with Crippen LogP contribution in [0.5, 0.6) is 5.75 Å². The standard InChI is InChI=1S/C22H24N4O6S/c1-14-21(28)24-19-13-18(6-7-20(19)32-14)33(30,31)26-10-8-25(9-11-26)22(29)16-4-3-5-17(12-16)23-15(2)27/h3-7,12-14H,8-11H2,1-2H3,(H,23,27)(H,24,28)/t14-/m0/s1. The van der Waals surface area contributed by atoms with Crippen molar-refractivity contribution in [3.8, 4) is 5.75 Å². The van der Waals surface area contributed by atoms with Gasteiger partial charge in [-0.2, -0.15) is 4.31 Å². The molecule has 2 aromatic rings. The van der Waals surface area contributed by atoms with Gasteiger partial charge in [0.05, 0.1) is 10.6 Å². The zero-order valence-electron chi connectivity index (χ0n) is 18.2. The van der Waals surface area contributed by atoms with Gasteiger partial charge in [0.2, 0.25) is 15.9 Å². The highest BCUT2D eigenvalue weighted by atomic mass is 32.2. The Labute approximate surface area is 191 Å². The molecule has 4 rings (SSSR count). The molecule has 2 aliphatic rings. The Kier molecular flexibility index (Phi) is 6.09. The molecule has 2 aliphatic heterocycles. The minimum Gasteiger partial charge on any atom is -0.479 e. The van der Waals surface area contributed by atoms with Crippen LogP contribution in [0.2, 0.25) is 0 Å². The van der Waals surface area contributed by atoms with Crippen LogP contribution in [0, 0.1) is 0 Å². The highest BCUT2D eigenvalue weighted by molar-refractivity contribution is 7.89. The van der Waals surface area contributed by atoms with Crippen LogP contribution < -0.4 is 15.4 Å². The minimum absolute atomic E-state index is 0.0440.